The van der Waals surface area contributed by atoms with Crippen molar-refractivity contribution in [2.45, 2.75) is 32.2 Å². The van der Waals surface area contributed by atoms with Crippen LogP contribution in [0.3, 0.4) is 0 Å². The zero-order chi connectivity index (χ0) is 16.1. The number of amides is 1. The van der Waals surface area contributed by atoms with E-state index in [0.29, 0.717) is 16.6 Å². The number of hydrogen-bond donors (Lipinski definition) is 2. The predicted molar refractivity (Wildman–Crippen MR) is 95.7 cm³/mol. The van der Waals surface area contributed by atoms with E-state index in [0.717, 1.165) is 21.5 Å². The molecule has 2 heterocycles. The van der Waals surface area contributed by atoms with E-state index in [4.69, 9.17) is 11.6 Å². The fraction of sp³-hybridized carbons (Fsp3) is 0.278. The Balaban J connectivity index is 1.56. The summed E-state index contributed by atoms with van der Waals surface area (Å²) in [6.07, 6.45) is 0.887. The number of hydrogen-bond acceptors (Lipinski definition) is 2. The fourth-order valence-corrected chi connectivity index (χ4v) is 4.68. The van der Waals surface area contributed by atoms with Crippen LogP contribution < -0.4 is 5.32 Å². The molecule has 23 heavy (non-hydrogen) atoms. The minimum absolute atomic E-state index is 0.0632. The van der Waals surface area contributed by atoms with Crippen molar-refractivity contribution in [1.29, 1.82) is 0 Å². The van der Waals surface area contributed by atoms with Crippen LogP contribution in [0.15, 0.2) is 30.3 Å². The number of H-pyrrole nitrogens is 1. The minimum Gasteiger partial charge on any atom is -0.349 e. The second-order valence-electron chi connectivity index (χ2n) is 6.17. The molecule has 5 heteroatoms. The lowest BCUT2D eigenvalue weighted by molar-refractivity contribution is 0.0930. The van der Waals surface area contributed by atoms with Gasteiger partial charge in [-0.15, -0.1) is 11.3 Å². The number of fused-ring (bicyclic) bond motifs is 2. The van der Waals surface area contributed by atoms with Crippen LogP contribution in [0.2, 0.25) is 5.02 Å². The van der Waals surface area contributed by atoms with Crippen molar-refractivity contribution in [3.63, 3.8) is 0 Å². The monoisotopic (exact) mass is 344 g/mol. The molecule has 3 aromatic rings. The van der Waals surface area contributed by atoms with Gasteiger partial charge in [-0.3, -0.25) is 4.79 Å². The Labute approximate surface area is 143 Å². The number of aryl methyl sites for hydroxylation is 1. The molecule has 1 aromatic carbocycles. The molecular formula is C18H17ClN2OS. The molecule has 0 spiro atoms. The molecule has 1 amide bonds. The number of aromatic nitrogens is 1. The molecule has 0 saturated carbocycles. The molecule has 2 atom stereocenters. The standard InChI is InChI=1S/C18H17ClN2OS/c1-9-12-6-4-3-5-11(12)7-13(9)21-18(22)14-8-15-17(20-14)16(19)10(2)23-15/h3-6,8-9,13,20H,7H2,1-2H3,(H,21,22)/t9-,13?/m1/s1. The Bertz CT molecular complexity index is 911. The topological polar surface area (TPSA) is 44.9 Å². The maximum absolute atomic E-state index is 12.6. The summed E-state index contributed by atoms with van der Waals surface area (Å²) in [6.45, 7) is 4.16. The van der Waals surface area contributed by atoms with Gasteiger partial charge in [-0.05, 0) is 30.5 Å². The third-order valence-electron chi connectivity index (χ3n) is 4.72. The molecule has 0 saturated heterocycles. The van der Waals surface area contributed by atoms with E-state index in [1.54, 1.807) is 11.3 Å². The highest BCUT2D eigenvalue weighted by Gasteiger charge is 2.30. The van der Waals surface area contributed by atoms with Crippen molar-refractivity contribution >= 4 is 39.1 Å². The lowest BCUT2D eigenvalue weighted by Crippen LogP contribution is -2.37. The highest BCUT2D eigenvalue weighted by molar-refractivity contribution is 7.19. The Morgan fingerprint density at radius 3 is 2.91 bits per heavy atom. The van der Waals surface area contributed by atoms with E-state index in [-0.39, 0.29) is 11.9 Å². The van der Waals surface area contributed by atoms with Gasteiger partial charge in [0.25, 0.3) is 5.91 Å². The Morgan fingerprint density at radius 1 is 1.39 bits per heavy atom. The highest BCUT2D eigenvalue weighted by Crippen LogP contribution is 2.35. The van der Waals surface area contributed by atoms with Crippen LogP contribution in [-0.4, -0.2) is 16.9 Å². The van der Waals surface area contributed by atoms with E-state index >= 15 is 0 Å². The van der Waals surface area contributed by atoms with Crippen LogP contribution in [0.25, 0.3) is 10.2 Å². The van der Waals surface area contributed by atoms with Gasteiger partial charge in [0.15, 0.2) is 0 Å². The normalized spacial score (nSPS) is 20.0. The van der Waals surface area contributed by atoms with Crippen LogP contribution in [0.4, 0.5) is 0 Å². The number of benzene rings is 1. The van der Waals surface area contributed by atoms with Gasteiger partial charge in [0.1, 0.15) is 5.69 Å². The van der Waals surface area contributed by atoms with E-state index < -0.39 is 0 Å². The smallest absolute Gasteiger partial charge is 0.268 e. The van der Waals surface area contributed by atoms with Gasteiger partial charge in [-0.25, -0.2) is 0 Å². The van der Waals surface area contributed by atoms with Crippen LogP contribution in [0.1, 0.15) is 39.3 Å². The van der Waals surface area contributed by atoms with E-state index in [2.05, 4.69) is 41.5 Å². The van der Waals surface area contributed by atoms with Crippen molar-refractivity contribution in [3.8, 4) is 0 Å². The molecule has 0 bridgehead atoms. The molecule has 2 aromatic heterocycles. The molecule has 4 rings (SSSR count). The van der Waals surface area contributed by atoms with Crippen LogP contribution in [0, 0.1) is 6.92 Å². The van der Waals surface area contributed by atoms with Gasteiger partial charge in [0.05, 0.1) is 15.2 Å². The van der Waals surface area contributed by atoms with Gasteiger partial charge in [-0.2, -0.15) is 0 Å². The summed E-state index contributed by atoms with van der Waals surface area (Å²) in [6, 6.07) is 10.4. The summed E-state index contributed by atoms with van der Waals surface area (Å²) in [7, 11) is 0. The van der Waals surface area contributed by atoms with Crippen molar-refractivity contribution < 1.29 is 4.79 Å². The summed E-state index contributed by atoms with van der Waals surface area (Å²) in [5.41, 5.74) is 4.11. The molecule has 3 nitrogen and oxygen atoms in total. The fourth-order valence-electron chi connectivity index (χ4n) is 3.40. The molecule has 1 aliphatic rings. The van der Waals surface area contributed by atoms with E-state index in [1.165, 1.54) is 11.1 Å². The van der Waals surface area contributed by atoms with Crippen LogP contribution in [-0.2, 0) is 6.42 Å². The van der Waals surface area contributed by atoms with E-state index in [1.807, 2.05) is 13.0 Å². The average molecular weight is 345 g/mol. The molecule has 1 unspecified atom stereocenters. The second kappa shape index (κ2) is 5.39. The summed E-state index contributed by atoms with van der Waals surface area (Å²) in [5.74, 6) is 0.267. The first-order valence-corrected chi connectivity index (χ1v) is 8.90. The van der Waals surface area contributed by atoms with Crippen LogP contribution in [0.5, 0.6) is 0 Å². The number of aromatic amines is 1. The third kappa shape index (κ3) is 2.37. The Morgan fingerprint density at radius 2 is 2.17 bits per heavy atom. The lowest BCUT2D eigenvalue weighted by Gasteiger charge is -2.17. The summed E-state index contributed by atoms with van der Waals surface area (Å²) in [4.78, 5) is 16.8. The Hall–Kier alpha value is -1.78. The number of rotatable bonds is 2. The number of nitrogens with one attached hydrogen (secondary N) is 2. The first-order valence-electron chi connectivity index (χ1n) is 7.71. The van der Waals surface area contributed by atoms with Crippen LogP contribution >= 0.6 is 22.9 Å². The van der Waals surface area contributed by atoms with Gasteiger partial charge in [0, 0.05) is 16.8 Å². The quantitative estimate of drug-likeness (QED) is 0.698. The molecule has 0 radical (unpaired) electrons. The van der Waals surface area contributed by atoms with Gasteiger partial charge >= 0.3 is 0 Å². The first-order chi connectivity index (χ1) is 11.0. The number of carbonyl (C=O) groups is 1. The van der Waals surface area contributed by atoms with E-state index in [9.17, 15) is 4.79 Å². The zero-order valence-corrected chi connectivity index (χ0v) is 14.5. The number of halogens is 1. The first kappa shape index (κ1) is 14.8. The predicted octanol–water partition coefficient (Wildman–Crippen LogP) is 4.65. The van der Waals surface area contributed by atoms with Crippen molar-refractivity contribution in [3.05, 3.63) is 57.1 Å². The molecule has 2 N–H and O–H groups in total. The van der Waals surface area contributed by atoms with Crippen molar-refractivity contribution in [1.82, 2.24) is 10.3 Å². The van der Waals surface area contributed by atoms with Crippen molar-refractivity contribution in [2.24, 2.45) is 0 Å². The molecule has 1 aliphatic carbocycles. The van der Waals surface area contributed by atoms with Gasteiger partial charge in [0.2, 0.25) is 0 Å². The third-order valence-corrected chi connectivity index (χ3v) is 6.36. The van der Waals surface area contributed by atoms with Gasteiger partial charge < -0.3 is 10.3 Å². The minimum atomic E-state index is -0.0632. The van der Waals surface area contributed by atoms with Crippen molar-refractivity contribution in [2.75, 3.05) is 0 Å². The highest BCUT2D eigenvalue weighted by atomic mass is 35.5. The summed E-state index contributed by atoms with van der Waals surface area (Å²) < 4.78 is 1.03. The SMILES string of the molecule is Cc1sc2cc(C(=O)NC3Cc4ccccc4[C@H]3C)[nH]c2c1Cl. The lowest BCUT2D eigenvalue weighted by atomic mass is 10.0. The largest absolute Gasteiger partial charge is 0.349 e. The molecule has 0 fully saturated rings. The maximum atomic E-state index is 12.6. The summed E-state index contributed by atoms with van der Waals surface area (Å²) in [5, 5.41) is 3.88. The Kier molecular flexibility index (Phi) is 3.47. The second-order valence-corrected chi connectivity index (χ2v) is 7.80. The molecule has 0 aliphatic heterocycles. The maximum Gasteiger partial charge on any atom is 0.268 e. The number of thiophene rings is 1. The molecule has 118 valence electrons. The zero-order valence-electron chi connectivity index (χ0n) is 12.9. The average Bonchev–Trinajstić information content (AvgIpc) is 3.16. The molecular weight excluding hydrogens is 328 g/mol. The summed E-state index contributed by atoms with van der Waals surface area (Å²) >= 11 is 7.87. The number of carbonyl (C=O) groups excluding carboxylic acids is 1. The van der Waals surface area contributed by atoms with Gasteiger partial charge in [-0.1, -0.05) is 42.8 Å².